The minimum Gasteiger partial charge on any atom is -0.459 e. The van der Waals surface area contributed by atoms with E-state index < -0.39 is 23.1 Å². The van der Waals surface area contributed by atoms with Crippen LogP contribution in [-0.4, -0.2) is 65.5 Å². The van der Waals surface area contributed by atoms with Gasteiger partial charge in [-0.2, -0.15) is 0 Å². The molecule has 0 atom stereocenters. The van der Waals surface area contributed by atoms with Crippen LogP contribution in [0.3, 0.4) is 0 Å². The van der Waals surface area contributed by atoms with Crippen molar-refractivity contribution in [2.24, 2.45) is 0 Å². The maximum atomic E-state index is 12.4. The normalized spacial score (nSPS) is 12.6. The van der Waals surface area contributed by atoms with Crippen molar-refractivity contribution in [1.82, 2.24) is 29.2 Å². The number of nitrogens with zero attached hydrogens (tertiary/aromatic N) is 5. The molecule has 10 nitrogen and oxygen atoms in total. The molecule has 0 aliphatic carbocycles. The van der Waals surface area contributed by atoms with Crippen molar-refractivity contribution in [3.8, 4) is 0 Å². The van der Waals surface area contributed by atoms with Crippen LogP contribution in [0.2, 0.25) is 0 Å². The number of imidazole rings is 2. The lowest BCUT2D eigenvalue weighted by atomic mass is 10.2. The van der Waals surface area contributed by atoms with Gasteiger partial charge in [0, 0.05) is 6.54 Å². The lowest BCUT2D eigenvalue weighted by Crippen LogP contribution is -2.39. The number of carbonyl (C=O) groups is 2. The highest BCUT2D eigenvalue weighted by Gasteiger charge is 2.24. The van der Waals surface area contributed by atoms with Gasteiger partial charge in [0.15, 0.2) is 11.3 Å². The Hall–Kier alpha value is -3.01. The van der Waals surface area contributed by atoms with E-state index in [1.165, 1.54) is 0 Å². The summed E-state index contributed by atoms with van der Waals surface area (Å²) in [5, 5.41) is 0. The molecule has 0 saturated heterocycles. The Balaban J connectivity index is 1.83. The number of fused-ring (bicyclic) bond motifs is 3. The summed E-state index contributed by atoms with van der Waals surface area (Å²) in [6, 6.07) is 0. The second-order valence-electron chi connectivity index (χ2n) is 9.11. The topological polar surface area (TPSA) is 115 Å². The van der Waals surface area contributed by atoms with Gasteiger partial charge >= 0.3 is 11.9 Å². The van der Waals surface area contributed by atoms with Gasteiger partial charge in [0.25, 0.3) is 0 Å². The molecule has 3 rings (SSSR count). The van der Waals surface area contributed by atoms with Gasteiger partial charge in [-0.1, -0.05) is 0 Å². The van der Waals surface area contributed by atoms with E-state index in [-0.39, 0.29) is 19.6 Å². The quantitative estimate of drug-likeness (QED) is 0.608. The molecule has 0 spiro atoms. The number of esters is 2. The highest BCUT2D eigenvalue weighted by atomic mass is 16.6. The summed E-state index contributed by atoms with van der Waals surface area (Å²) in [6.45, 7) is 10.9. The molecule has 0 aromatic carbocycles. The first-order chi connectivity index (χ1) is 13.9. The first-order valence-electron chi connectivity index (χ1n) is 9.71. The minimum atomic E-state index is -0.617. The maximum Gasteiger partial charge on any atom is 0.320 e. The molecule has 3 heterocycles. The van der Waals surface area contributed by atoms with Crippen molar-refractivity contribution in [2.75, 3.05) is 13.1 Å². The highest BCUT2D eigenvalue weighted by Crippen LogP contribution is 2.17. The van der Waals surface area contributed by atoms with Crippen LogP contribution in [0.15, 0.2) is 18.9 Å². The number of H-pyrrole nitrogens is 1. The molecule has 162 valence electrons. The van der Waals surface area contributed by atoms with Gasteiger partial charge in [-0.25, -0.2) is 15.0 Å². The van der Waals surface area contributed by atoms with E-state index in [1.807, 2.05) is 0 Å². The number of rotatable bonds is 6. The molecule has 30 heavy (non-hydrogen) atoms. The molecule has 0 amide bonds. The second-order valence-corrected chi connectivity index (χ2v) is 9.11. The molecule has 0 bridgehead atoms. The van der Waals surface area contributed by atoms with E-state index in [0.29, 0.717) is 11.3 Å². The lowest BCUT2D eigenvalue weighted by Gasteiger charge is -2.26. The van der Waals surface area contributed by atoms with Crippen LogP contribution in [0, 0.1) is 0 Å². The fraction of sp³-hybridized carbons (Fsp3) is 0.550. The monoisotopic (exact) mass is 416 g/mol. The Morgan fingerprint density at radius 1 is 1.00 bits per heavy atom. The van der Waals surface area contributed by atoms with E-state index in [1.54, 1.807) is 69.7 Å². The van der Waals surface area contributed by atoms with Crippen molar-refractivity contribution in [2.45, 2.75) is 59.3 Å². The minimum absolute atomic E-state index is 0.0660. The van der Waals surface area contributed by atoms with Gasteiger partial charge in [0.1, 0.15) is 23.0 Å². The molecule has 0 saturated carbocycles. The average Bonchev–Trinajstić information content (AvgIpc) is 3.17. The van der Waals surface area contributed by atoms with Crippen LogP contribution in [0.25, 0.3) is 16.8 Å². The maximum absolute atomic E-state index is 12.4. The zero-order chi connectivity index (χ0) is 22.1. The molecular formula is C20H28N6O4. The molecule has 3 aromatic rings. The summed E-state index contributed by atoms with van der Waals surface area (Å²) in [4.78, 5) is 42.4. The predicted molar refractivity (Wildman–Crippen MR) is 110 cm³/mol. The summed E-state index contributed by atoms with van der Waals surface area (Å²) in [6.07, 6.45) is 4.87. The summed E-state index contributed by atoms with van der Waals surface area (Å²) >= 11 is 0. The first kappa shape index (κ1) is 21.7. The van der Waals surface area contributed by atoms with E-state index in [0.717, 1.165) is 11.2 Å². The number of hydrogen-bond acceptors (Lipinski definition) is 8. The van der Waals surface area contributed by atoms with E-state index in [2.05, 4.69) is 19.9 Å². The number of carbonyl (C=O) groups excluding carboxylic acids is 2. The largest absolute Gasteiger partial charge is 0.459 e. The van der Waals surface area contributed by atoms with Crippen molar-refractivity contribution in [1.29, 1.82) is 0 Å². The number of aromatic amines is 1. The molecule has 0 fully saturated rings. The van der Waals surface area contributed by atoms with Crippen LogP contribution in [0.1, 0.15) is 47.2 Å². The smallest absolute Gasteiger partial charge is 0.320 e. The van der Waals surface area contributed by atoms with Gasteiger partial charge in [-0.15, -0.1) is 0 Å². The van der Waals surface area contributed by atoms with E-state index in [4.69, 9.17) is 9.47 Å². The Kier molecular flexibility index (Phi) is 5.80. The van der Waals surface area contributed by atoms with Gasteiger partial charge in [0.2, 0.25) is 0 Å². The summed E-state index contributed by atoms with van der Waals surface area (Å²) in [7, 11) is 0. The van der Waals surface area contributed by atoms with Crippen LogP contribution >= 0.6 is 0 Å². The average molecular weight is 416 g/mol. The van der Waals surface area contributed by atoms with E-state index in [9.17, 15) is 9.59 Å². The number of aromatic nitrogens is 5. The Bertz CT molecular complexity index is 1030. The predicted octanol–water partition coefficient (Wildman–Crippen LogP) is 2.09. The molecule has 0 aliphatic rings. The molecule has 3 aromatic heterocycles. The van der Waals surface area contributed by atoms with Crippen LogP contribution < -0.4 is 0 Å². The summed E-state index contributed by atoms with van der Waals surface area (Å²) in [5.74, 6) is -0.845. The van der Waals surface area contributed by atoms with Gasteiger partial charge < -0.3 is 14.5 Å². The first-order valence-corrected chi connectivity index (χ1v) is 9.71. The Morgan fingerprint density at radius 3 is 2.17 bits per heavy atom. The van der Waals surface area contributed by atoms with Crippen LogP contribution in [0.4, 0.5) is 0 Å². The third-order valence-electron chi connectivity index (χ3n) is 3.94. The van der Waals surface area contributed by atoms with Crippen LogP contribution in [-0.2, 0) is 25.6 Å². The number of ether oxygens (including phenoxy) is 2. The van der Waals surface area contributed by atoms with Crippen molar-refractivity contribution < 1.29 is 19.1 Å². The van der Waals surface area contributed by atoms with E-state index >= 15 is 0 Å². The Labute approximate surface area is 174 Å². The summed E-state index contributed by atoms with van der Waals surface area (Å²) < 4.78 is 12.7. The molecule has 0 unspecified atom stereocenters. The standard InChI is InChI=1S/C20H28N6O4/c1-19(2,3)29-14(27)9-25(10-15(28)30-20(4,5)6)8-13-7-21-18-16-17(23-11-22-16)24-12-26(13)18/h7,11-12H,8-10H2,1-6H3,(H,22,23). The van der Waals surface area contributed by atoms with Gasteiger partial charge in [-0.05, 0) is 41.5 Å². The van der Waals surface area contributed by atoms with Gasteiger partial charge in [-0.3, -0.25) is 18.9 Å². The number of nitrogens with one attached hydrogen (secondary N) is 1. The van der Waals surface area contributed by atoms with Gasteiger partial charge in [0.05, 0.1) is 31.3 Å². The Morgan fingerprint density at radius 2 is 1.60 bits per heavy atom. The fourth-order valence-corrected chi connectivity index (χ4v) is 3.00. The number of hydrogen-bond donors (Lipinski definition) is 1. The SMILES string of the molecule is CC(C)(C)OC(=O)CN(CC(=O)OC(C)(C)C)Cc1cnc2c3[nH]cnc3ncn12. The van der Waals surface area contributed by atoms with Crippen molar-refractivity contribution in [3.63, 3.8) is 0 Å². The molecule has 0 radical (unpaired) electrons. The zero-order valence-corrected chi connectivity index (χ0v) is 18.2. The summed E-state index contributed by atoms with van der Waals surface area (Å²) in [5.41, 5.74) is 1.49. The molecular weight excluding hydrogens is 388 g/mol. The van der Waals surface area contributed by atoms with Crippen LogP contribution in [0.5, 0.6) is 0 Å². The third-order valence-corrected chi connectivity index (χ3v) is 3.94. The lowest BCUT2D eigenvalue weighted by molar-refractivity contribution is -0.160. The molecule has 0 aliphatic heterocycles. The zero-order valence-electron chi connectivity index (χ0n) is 18.2. The highest BCUT2D eigenvalue weighted by molar-refractivity contribution is 5.84. The second kappa shape index (κ2) is 8.02. The van der Waals surface area contributed by atoms with Crippen molar-refractivity contribution >= 4 is 28.7 Å². The van der Waals surface area contributed by atoms with Crippen molar-refractivity contribution in [3.05, 3.63) is 24.5 Å². The molecule has 10 heteroatoms. The molecule has 1 N–H and O–H groups in total. The third kappa shape index (κ3) is 5.53. The fourth-order valence-electron chi connectivity index (χ4n) is 3.00.